The topological polar surface area (TPSA) is 44.8 Å². The molecular weight excluding hydrogens is 287 g/mol. The number of phosphoric acid groups is 1. The molecule has 120 valence electrons. The molecule has 0 N–H and O–H groups in total. The van der Waals surface area contributed by atoms with E-state index in [0.29, 0.717) is 6.61 Å². The second-order valence-electron chi connectivity index (χ2n) is 5.64. The number of rotatable bonds is 9. The SMILES string of the molecule is CCC(C)(C)c1ccccc1CCCOP(=O)(OC)OC. The quantitative estimate of drug-likeness (QED) is 0.488. The van der Waals surface area contributed by atoms with E-state index in [9.17, 15) is 4.57 Å². The standard InChI is InChI=1S/C16H27O4P/c1-6-16(2,3)15-12-8-7-10-14(15)11-9-13-20-21(17,18-4)19-5/h7-8,10,12H,6,9,11,13H2,1-5H3. The van der Waals surface area contributed by atoms with Crippen LogP contribution < -0.4 is 0 Å². The average Bonchev–Trinajstić information content (AvgIpc) is 2.51. The Morgan fingerprint density at radius 3 is 2.33 bits per heavy atom. The summed E-state index contributed by atoms with van der Waals surface area (Å²) in [6.07, 6.45) is 2.74. The van der Waals surface area contributed by atoms with E-state index < -0.39 is 7.82 Å². The van der Waals surface area contributed by atoms with Gasteiger partial charge < -0.3 is 0 Å². The van der Waals surface area contributed by atoms with Gasteiger partial charge in [0.05, 0.1) is 6.61 Å². The molecule has 0 fully saturated rings. The van der Waals surface area contributed by atoms with E-state index in [0.717, 1.165) is 19.3 Å². The second kappa shape index (κ2) is 8.09. The molecule has 0 aromatic heterocycles. The summed E-state index contributed by atoms with van der Waals surface area (Å²) in [5, 5.41) is 0. The lowest BCUT2D eigenvalue weighted by atomic mass is 9.79. The van der Waals surface area contributed by atoms with E-state index in [1.807, 2.05) is 0 Å². The largest absolute Gasteiger partial charge is 0.474 e. The van der Waals surface area contributed by atoms with Gasteiger partial charge in [-0.1, -0.05) is 45.0 Å². The monoisotopic (exact) mass is 314 g/mol. The first-order valence-electron chi connectivity index (χ1n) is 7.33. The molecule has 0 radical (unpaired) electrons. The van der Waals surface area contributed by atoms with Crippen molar-refractivity contribution in [3.63, 3.8) is 0 Å². The molecular formula is C16H27O4P. The van der Waals surface area contributed by atoms with E-state index in [1.54, 1.807) is 0 Å². The zero-order valence-corrected chi connectivity index (χ0v) is 14.6. The number of phosphoric ester groups is 1. The van der Waals surface area contributed by atoms with E-state index >= 15 is 0 Å². The van der Waals surface area contributed by atoms with E-state index in [4.69, 9.17) is 13.6 Å². The third-order valence-electron chi connectivity index (χ3n) is 3.92. The lowest BCUT2D eigenvalue weighted by Crippen LogP contribution is -2.18. The Morgan fingerprint density at radius 2 is 1.76 bits per heavy atom. The first-order chi connectivity index (χ1) is 9.88. The molecule has 1 aromatic rings. The molecule has 0 aliphatic carbocycles. The van der Waals surface area contributed by atoms with Gasteiger partial charge in [0, 0.05) is 14.2 Å². The highest BCUT2D eigenvalue weighted by atomic mass is 31.2. The summed E-state index contributed by atoms with van der Waals surface area (Å²) < 4.78 is 26.5. The van der Waals surface area contributed by atoms with Crippen LogP contribution in [0.15, 0.2) is 24.3 Å². The molecule has 0 saturated heterocycles. The van der Waals surface area contributed by atoms with Crippen molar-refractivity contribution in [1.29, 1.82) is 0 Å². The normalized spacial score (nSPS) is 12.6. The summed E-state index contributed by atoms with van der Waals surface area (Å²) in [7, 11) is -0.707. The highest BCUT2D eigenvalue weighted by molar-refractivity contribution is 7.48. The van der Waals surface area contributed by atoms with Crippen LogP contribution in [0.3, 0.4) is 0 Å². The Morgan fingerprint density at radius 1 is 1.14 bits per heavy atom. The van der Waals surface area contributed by atoms with Crippen LogP contribution in [-0.4, -0.2) is 20.8 Å². The fourth-order valence-electron chi connectivity index (χ4n) is 2.21. The summed E-state index contributed by atoms with van der Waals surface area (Å²) in [5.41, 5.74) is 2.85. The van der Waals surface area contributed by atoms with Crippen molar-refractivity contribution in [2.45, 2.75) is 45.4 Å². The maximum atomic E-state index is 11.8. The molecule has 5 heteroatoms. The minimum absolute atomic E-state index is 0.159. The number of hydrogen-bond acceptors (Lipinski definition) is 4. The fraction of sp³-hybridized carbons (Fsp3) is 0.625. The average molecular weight is 314 g/mol. The molecule has 0 unspecified atom stereocenters. The molecule has 0 amide bonds. The Balaban J connectivity index is 2.63. The van der Waals surface area contributed by atoms with Gasteiger partial charge in [-0.2, -0.15) is 0 Å². The molecule has 4 nitrogen and oxygen atoms in total. The van der Waals surface area contributed by atoms with Gasteiger partial charge in [0.15, 0.2) is 0 Å². The summed E-state index contributed by atoms with van der Waals surface area (Å²) in [4.78, 5) is 0. The summed E-state index contributed by atoms with van der Waals surface area (Å²) >= 11 is 0. The molecule has 0 bridgehead atoms. The molecule has 21 heavy (non-hydrogen) atoms. The Hall–Kier alpha value is -0.670. The van der Waals surface area contributed by atoms with Gasteiger partial charge in [-0.05, 0) is 35.8 Å². The Labute approximate surface area is 128 Å². The molecule has 0 atom stereocenters. The van der Waals surface area contributed by atoms with Crippen molar-refractivity contribution < 1.29 is 18.1 Å². The van der Waals surface area contributed by atoms with Crippen molar-refractivity contribution >= 4 is 7.82 Å². The van der Waals surface area contributed by atoms with E-state index in [1.165, 1.54) is 25.3 Å². The van der Waals surface area contributed by atoms with Crippen LogP contribution >= 0.6 is 7.82 Å². The molecule has 0 aliphatic heterocycles. The van der Waals surface area contributed by atoms with Crippen LogP contribution in [-0.2, 0) is 30.0 Å². The summed E-state index contributed by atoms with van der Waals surface area (Å²) in [5.74, 6) is 0. The van der Waals surface area contributed by atoms with Gasteiger partial charge in [-0.25, -0.2) is 4.57 Å². The molecule has 1 aromatic carbocycles. The van der Waals surface area contributed by atoms with Gasteiger partial charge in [0.25, 0.3) is 0 Å². The second-order valence-corrected chi connectivity index (χ2v) is 7.53. The van der Waals surface area contributed by atoms with Gasteiger partial charge in [0.1, 0.15) is 0 Å². The Kier molecular flexibility index (Phi) is 7.08. The van der Waals surface area contributed by atoms with Crippen molar-refractivity contribution in [3.8, 4) is 0 Å². The lowest BCUT2D eigenvalue weighted by Gasteiger charge is -2.26. The van der Waals surface area contributed by atoms with Crippen molar-refractivity contribution in [2.24, 2.45) is 0 Å². The minimum Gasteiger partial charge on any atom is -0.290 e. The van der Waals surface area contributed by atoms with Crippen LogP contribution in [0.2, 0.25) is 0 Å². The molecule has 0 heterocycles. The van der Waals surface area contributed by atoms with Gasteiger partial charge >= 0.3 is 7.82 Å². The number of aryl methyl sites for hydroxylation is 1. The van der Waals surface area contributed by atoms with Gasteiger partial charge in [-0.3, -0.25) is 13.6 Å². The highest BCUT2D eigenvalue weighted by Gasteiger charge is 2.23. The predicted molar refractivity (Wildman–Crippen MR) is 85.7 cm³/mol. The molecule has 0 saturated carbocycles. The van der Waals surface area contributed by atoms with Crippen molar-refractivity contribution in [1.82, 2.24) is 0 Å². The molecule has 0 aliphatic rings. The zero-order chi connectivity index (χ0) is 15.9. The molecule has 0 spiro atoms. The minimum atomic E-state index is -3.35. The lowest BCUT2D eigenvalue weighted by molar-refractivity contribution is 0.151. The maximum Gasteiger partial charge on any atom is 0.474 e. The predicted octanol–water partition coefficient (Wildman–Crippen LogP) is 4.72. The van der Waals surface area contributed by atoms with Crippen LogP contribution in [0.5, 0.6) is 0 Å². The maximum absolute atomic E-state index is 11.8. The fourth-order valence-corrected chi connectivity index (χ4v) is 2.92. The van der Waals surface area contributed by atoms with Crippen LogP contribution in [0.1, 0.15) is 44.7 Å². The summed E-state index contributed by atoms with van der Waals surface area (Å²) in [6.45, 7) is 7.06. The zero-order valence-electron chi connectivity index (χ0n) is 13.7. The third-order valence-corrected chi connectivity index (χ3v) is 5.31. The number of benzene rings is 1. The summed E-state index contributed by atoms with van der Waals surface area (Å²) in [6, 6.07) is 8.48. The smallest absolute Gasteiger partial charge is 0.290 e. The van der Waals surface area contributed by atoms with Crippen molar-refractivity contribution in [2.75, 3.05) is 20.8 Å². The third kappa shape index (κ3) is 5.23. The van der Waals surface area contributed by atoms with Crippen LogP contribution in [0, 0.1) is 0 Å². The van der Waals surface area contributed by atoms with Crippen molar-refractivity contribution in [3.05, 3.63) is 35.4 Å². The first-order valence-corrected chi connectivity index (χ1v) is 8.79. The highest BCUT2D eigenvalue weighted by Crippen LogP contribution is 2.47. The van der Waals surface area contributed by atoms with E-state index in [2.05, 4.69) is 45.0 Å². The van der Waals surface area contributed by atoms with Gasteiger partial charge in [0.2, 0.25) is 0 Å². The van der Waals surface area contributed by atoms with Crippen LogP contribution in [0.25, 0.3) is 0 Å². The number of hydrogen-bond donors (Lipinski definition) is 0. The van der Waals surface area contributed by atoms with E-state index in [-0.39, 0.29) is 5.41 Å². The molecule has 1 rings (SSSR count). The first kappa shape index (κ1) is 18.4. The Bertz CT molecular complexity index is 477. The van der Waals surface area contributed by atoms with Crippen LogP contribution in [0.4, 0.5) is 0 Å². The van der Waals surface area contributed by atoms with Gasteiger partial charge in [-0.15, -0.1) is 0 Å².